The molecule has 3 aromatic rings. The number of aryl methyl sites for hydroxylation is 1. The Morgan fingerprint density at radius 1 is 1.07 bits per heavy atom. The smallest absolute Gasteiger partial charge is 0.197 e. The number of fused-ring (bicyclic) bond motifs is 3. The minimum absolute atomic E-state index is 0.403. The van der Waals surface area contributed by atoms with E-state index in [1.807, 2.05) is 19.2 Å². The molecule has 6 nitrogen and oxygen atoms in total. The summed E-state index contributed by atoms with van der Waals surface area (Å²) >= 11 is 6.27. The predicted molar refractivity (Wildman–Crippen MR) is 107 cm³/mol. The summed E-state index contributed by atoms with van der Waals surface area (Å²) < 4.78 is 8.04. The van der Waals surface area contributed by atoms with Crippen LogP contribution in [0.25, 0.3) is 5.69 Å². The molecule has 7 heteroatoms. The van der Waals surface area contributed by atoms with Crippen LogP contribution in [0.1, 0.15) is 66.4 Å². The van der Waals surface area contributed by atoms with Crippen molar-refractivity contribution in [2.75, 3.05) is 7.05 Å². The quantitative estimate of drug-likeness (QED) is 0.632. The summed E-state index contributed by atoms with van der Waals surface area (Å²) in [6.07, 6.45) is 6.10. The van der Waals surface area contributed by atoms with Gasteiger partial charge < -0.3 is 4.42 Å². The number of aromatic nitrogens is 4. The maximum absolute atomic E-state index is 6.27. The molecule has 0 atom stereocenters. The van der Waals surface area contributed by atoms with Gasteiger partial charge in [0.25, 0.3) is 0 Å². The van der Waals surface area contributed by atoms with E-state index >= 15 is 0 Å². The van der Waals surface area contributed by atoms with E-state index in [2.05, 4.69) is 43.8 Å². The highest BCUT2D eigenvalue weighted by atomic mass is 35.5. The van der Waals surface area contributed by atoms with Crippen molar-refractivity contribution in [1.29, 1.82) is 0 Å². The summed E-state index contributed by atoms with van der Waals surface area (Å²) in [7, 11) is 2.11. The van der Waals surface area contributed by atoms with Crippen LogP contribution in [0.3, 0.4) is 0 Å². The van der Waals surface area contributed by atoms with Gasteiger partial charge >= 0.3 is 0 Å². The normalized spacial score (nSPS) is 22.5. The molecule has 0 unspecified atom stereocenters. The van der Waals surface area contributed by atoms with Crippen LogP contribution in [0, 0.1) is 6.92 Å². The second kappa shape index (κ2) is 7.01. The molecule has 146 valence electrons. The molecule has 1 aliphatic carbocycles. The average molecular weight is 398 g/mol. The maximum atomic E-state index is 6.27. The van der Waals surface area contributed by atoms with E-state index in [4.69, 9.17) is 16.0 Å². The first-order valence-corrected chi connectivity index (χ1v) is 10.3. The van der Waals surface area contributed by atoms with Crippen molar-refractivity contribution in [2.24, 2.45) is 0 Å². The highest BCUT2D eigenvalue weighted by Gasteiger charge is 2.31. The molecular formula is C21H24ClN5O. The summed E-state index contributed by atoms with van der Waals surface area (Å²) in [6, 6.07) is 6.13. The van der Waals surface area contributed by atoms with Crippen molar-refractivity contribution < 1.29 is 4.42 Å². The molecule has 0 bridgehead atoms. The number of benzene rings is 1. The largest absolute Gasteiger partial charge is 0.446 e. The Balaban J connectivity index is 1.45. The first-order valence-electron chi connectivity index (χ1n) is 9.92. The fraction of sp³-hybridized carbons (Fsp3) is 0.476. The van der Waals surface area contributed by atoms with Crippen LogP contribution >= 0.6 is 11.6 Å². The Morgan fingerprint density at radius 2 is 1.86 bits per heavy atom. The lowest BCUT2D eigenvalue weighted by molar-refractivity contribution is 0.314. The van der Waals surface area contributed by atoms with Crippen LogP contribution in [0.2, 0.25) is 5.02 Å². The topological polar surface area (TPSA) is 60.0 Å². The Labute approximate surface area is 169 Å². The molecule has 0 amide bonds. The van der Waals surface area contributed by atoms with Crippen molar-refractivity contribution in [3.8, 4) is 5.69 Å². The summed E-state index contributed by atoms with van der Waals surface area (Å²) in [6.45, 7) is 3.59. The van der Waals surface area contributed by atoms with Gasteiger partial charge in [0.05, 0.1) is 18.4 Å². The number of rotatable bonds is 2. The van der Waals surface area contributed by atoms with E-state index in [9.17, 15) is 0 Å². The third kappa shape index (κ3) is 3.14. The lowest BCUT2D eigenvalue weighted by Gasteiger charge is -2.26. The lowest BCUT2D eigenvalue weighted by atomic mass is 9.81. The molecule has 28 heavy (non-hydrogen) atoms. The zero-order valence-corrected chi connectivity index (χ0v) is 17.0. The second-order valence-corrected chi connectivity index (χ2v) is 8.55. The summed E-state index contributed by atoms with van der Waals surface area (Å²) in [4.78, 5) is 6.70. The standard InChI is InChI=1S/C21H24ClN5O/c1-13-10-23-21(28-13)15-5-3-14(4-6-15)20-25-24-19-12-26(2)11-16-9-17(22)7-8-18(16)27(19)20/h7-10,14-15H,3-6,11-12H2,1-2H3/t14-,15-. The van der Waals surface area contributed by atoms with E-state index in [1.165, 1.54) is 5.56 Å². The third-order valence-corrected chi connectivity index (χ3v) is 6.20. The fourth-order valence-electron chi connectivity index (χ4n) is 4.61. The molecule has 1 aliphatic heterocycles. The molecule has 1 aromatic carbocycles. The molecule has 0 saturated heterocycles. The Hall–Kier alpha value is -2.18. The third-order valence-electron chi connectivity index (χ3n) is 5.97. The lowest BCUT2D eigenvalue weighted by Crippen LogP contribution is -2.17. The molecule has 2 aliphatic rings. The highest BCUT2D eigenvalue weighted by Crippen LogP contribution is 2.41. The number of nitrogens with zero attached hydrogens (tertiary/aromatic N) is 5. The molecule has 0 spiro atoms. The van der Waals surface area contributed by atoms with Crippen molar-refractivity contribution in [3.05, 3.63) is 58.3 Å². The zero-order chi connectivity index (χ0) is 19.3. The second-order valence-electron chi connectivity index (χ2n) is 8.11. The number of hydrogen-bond donors (Lipinski definition) is 0. The molecule has 5 rings (SSSR count). The van der Waals surface area contributed by atoms with Gasteiger partial charge in [-0.15, -0.1) is 10.2 Å². The van der Waals surface area contributed by atoms with Gasteiger partial charge in [-0.3, -0.25) is 9.47 Å². The average Bonchev–Trinajstić information content (AvgIpc) is 3.25. The van der Waals surface area contributed by atoms with Crippen LogP contribution in [0.15, 0.2) is 28.8 Å². The van der Waals surface area contributed by atoms with Crippen molar-refractivity contribution >= 4 is 11.6 Å². The molecular weight excluding hydrogens is 374 g/mol. The summed E-state index contributed by atoms with van der Waals surface area (Å²) in [5.41, 5.74) is 2.38. The molecule has 1 saturated carbocycles. The highest BCUT2D eigenvalue weighted by molar-refractivity contribution is 6.30. The monoisotopic (exact) mass is 397 g/mol. The SMILES string of the molecule is Cc1cnc([C@H]2CC[C@H](c3nnc4n3-c3ccc(Cl)cc3CN(C)C4)CC2)o1. The molecule has 2 aromatic heterocycles. The van der Waals surface area contributed by atoms with Gasteiger partial charge in [0.1, 0.15) is 11.6 Å². The molecule has 1 fully saturated rings. The fourth-order valence-corrected chi connectivity index (χ4v) is 4.80. The van der Waals surface area contributed by atoms with Crippen LogP contribution < -0.4 is 0 Å². The van der Waals surface area contributed by atoms with E-state index in [-0.39, 0.29) is 0 Å². The Morgan fingerprint density at radius 3 is 2.61 bits per heavy atom. The van der Waals surface area contributed by atoms with Gasteiger partial charge in [-0.05, 0) is 63.4 Å². The van der Waals surface area contributed by atoms with Gasteiger partial charge in [-0.1, -0.05) is 11.6 Å². The van der Waals surface area contributed by atoms with Crippen molar-refractivity contribution in [1.82, 2.24) is 24.6 Å². The minimum Gasteiger partial charge on any atom is -0.446 e. The van der Waals surface area contributed by atoms with Crippen LogP contribution in [-0.4, -0.2) is 31.7 Å². The summed E-state index contributed by atoms with van der Waals surface area (Å²) in [5, 5.41) is 9.96. The van der Waals surface area contributed by atoms with E-state index in [1.54, 1.807) is 0 Å². The Kier molecular flexibility index (Phi) is 4.48. The zero-order valence-electron chi connectivity index (χ0n) is 16.2. The van der Waals surface area contributed by atoms with Crippen molar-refractivity contribution in [3.63, 3.8) is 0 Å². The van der Waals surface area contributed by atoms with E-state index < -0.39 is 0 Å². The number of hydrogen-bond acceptors (Lipinski definition) is 5. The van der Waals surface area contributed by atoms with Crippen LogP contribution in [0.5, 0.6) is 0 Å². The van der Waals surface area contributed by atoms with Gasteiger partial charge in [-0.25, -0.2) is 4.98 Å². The molecule has 0 radical (unpaired) electrons. The first-order chi connectivity index (χ1) is 13.6. The van der Waals surface area contributed by atoms with Crippen LogP contribution in [-0.2, 0) is 13.1 Å². The first kappa shape index (κ1) is 17.9. The number of halogens is 1. The summed E-state index contributed by atoms with van der Waals surface area (Å²) in [5.74, 6) is 4.67. The molecule has 0 N–H and O–H groups in total. The van der Waals surface area contributed by atoms with Crippen molar-refractivity contribution in [2.45, 2.75) is 57.5 Å². The van der Waals surface area contributed by atoms with Gasteiger partial charge in [-0.2, -0.15) is 0 Å². The van der Waals surface area contributed by atoms with Gasteiger partial charge in [0, 0.05) is 23.4 Å². The number of oxazole rings is 1. The predicted octanol–water partition coefficient (Wildman–Crippen LogP) is 4.60. The molecule has 3 heterocycles. The minimum atomic E-state index is 0.403. The van der Waals surface area contributed by atoms with E-state index in [0.29, 0.717) is 11.8 Å². The Bertz CT molecular complexity index is 1000. The van der Waals surface area contributed by atoms with Gasteiger partial charge in [0.2, 0.25) is 0 Å². The van der Waals surface area contributed by atoms with Crippen LogP contribution in [0.4, 0.5) is 0 Å². The van der Waals surface area contributed by atoms with Gasteiger partial charge in [0.15, 0.2) is 11.7 Å². The van der Waals surface area contributed by atoms with E-state index in [0.717, 1.165) is 72.8 Å². The maximum Gasteiger partial charge on any atom is 0.197 e.